The zero-order valence-electron chi connectivity index (χ0n) is 11.5. The zero-order valence-corrected chi connectivity index (χ0v) is 11.5. The average molecular weight is 269 g/mol. The van der Waals surface area contributed by atoms with Gasteiger partial charge in [0, 0.05) is 25.2 Å². The molecular weight excluding hydrogens is 246 g/mol. The highest BCUT2D eigenvalue weighted by Crippen LogP contribution is 2.29. The van der Waals surface area contributed by atoms with Crippen LogP contribution in [0.15, 0.2) is 0 Å². The van der Waals surface area contributed by atoms with Crippen LogP contribution in [0.25, 0.3) is 0 Å². The molecule has 1 N–H and O–H groups in total. The largest absolute Gasteiger partial charge is 0.480 e. The molecule has 0 aromatic rings. The Labute approximate surface area is 113 Å². The first-order valence-corrected chi connectivity index (χ1v) is 7.19. The van der Waals surface area contributed by atoms with Gasteiger partial charge in [0.2, 0.25) is 5.91 Å². The molecule has 0 bridgehead atoms. The van der Waals surface area contributed by atoms with Crippen molar-refractivity contribution in [1.82, 2.24) is 4.90 Å². The van der Waals surface area contributed by atoms with E-state index in [2.05, 4.69) is 0 Å². The number of carbonyl (C=O) groups excluding carboxylic acids is 1. The highest BCUT2D eigenvalue weighted by Gasteiger charge is 2.36. The fourth-order valence-electron chi connectivity index (χ4n) is 3.21. The van der Waals surface area contributed by atoms with Crippen LogP contribution in [0.4, 0.5) is 0 Å². The Bertz CT molecular complexity index is 338. The van der Waals surface area contributed by atoms with E-state index in [-0.39, 0.29) is 30.3 Å². The fourth-order valence-corrected chi connectivity index (χ4v) is 3.21. The van der Waals surface area contributed by atoms with E-state index < -0.39 is 5.97 Å². The SMILES string of the molecule is CC1COCCC1C(=O)N(CC(=O)O)C1CCCC1. The maximum Gasteiger partial charge on any atom is 0.323 e. The fraction of sp³-hybridized carbons (Fsp3) is 0.857. The Morgan fingerprint density at radius 1 is 1.26 bits per heavy atom. The second-order valence-electron chi connectivity index (χ2n) is 5.75. The minimum Gasteiger partial charge on any atom is -0.480 e. The van der Waals surface area contributed by atoms with E-state index in [0.29, 0.717) is 19.6 Å². The summed E-state index contributed by atoms with van der Waals surface area (Å²) in [5.74, 6) is -0.794. The Kier molecular flexibility index (Phi) is 4.80. The molecule has 108 valence electrons. The van der Waals surface area contributed by atoms with Crippen LogP contribution in [0.5, 0.6) is 0 Å². The van der Waals surface area contributed by atoms with Crippen LogP contribution in [-0.4, -0.2) is 47.7 Å². The lowest BCUT2D eigenvalue weighted by atomic mass is 9.88. The van der Waals surface area contributed by atoms with Gasteiger partial charge < -0.3 is 14.7 Å². The third-order valence-electron chi connectivity index (χ3n) is 4.31. The first kappa shape index (κ1) is 14.3. The molecule has 0 aromatic carbocycles. The van der Waals surface area contributed by atoms with Gasteiger partial charge in [0.15, 0.2) is 0 Å². The molecule has 2 aliphatic rings. The summed E-state index contributed by atoms with van der Waals surface area (Å²) in [6.45, 7) is 3.05. The molecule has 1 aliphatic heterocycles. The topological polar surface area (TPSA) is 66.8 Å². The van der Waals surface area contributed by atoms with Crippen LogP contribution < -0.4 is 0 Å². The first-order valence-electron chi connectivity index (χ1n) is 7.19. The predicted octanol–water partition coefficient (Wildman–Crippen LogP) is 1.51. The first-order chi connectivity index (χ1) is 9.09. The van der Waals surface area contributed by atoms with Crippen molar-refractivity contribution < 1.29 is 19.4 Å². The third kappa shape index (κ3) is 3.47. The summed E-state index contributed by atoms with van der Waals surface area (Å²) in [6, 6.07) is 0.124. The molecule has 0 radical (unpaired) electrons. The number of ether oxygens (including phenoxy) is 1. The predicted molar refractivity (Wildman–Crippen MR) is 69.7 cm³/mol. The van der Waals surface area contributed by atoms with E-state index in [1.54, 1.807) is 4.90 Å². The maximum absolute atomic E-state index is 12.6. The quantitative estimate of drug-likeness (QED) is 0.840. The zero-order chi connectivity index (χ0) is 13.8. The smallest absolute Gasteiger partial charge is 0.323 e. The van der Waals surface area contributed by atoms with Gasteiger partial charge in [-0.3, -0.25) is 9.59 Å². The van der Waals surface area contributed by atoms with Crippen molar-refractivity contribution in [3.63, 3.8) is 0 Å². The molecule has 1 saturated carbocycles. The van der Waals surface area contributed by atoms with Crippen LogP contribution in [0.2, 0.25) is 0 Å². The summed E-state index contributed by atoms with van der Waals surface area (Å²) < 4.78 is 5.36. The minimum atomic E-state index is -0.917. The molecule has 5 heteroatoms. The van der Waals surface area contributed by atoms with Crippen LogP contribution in [0.1, 0.15) is 39.0 Å². The van der Waals surface area contributed by atoms with E-state index in [0.717, 1.165) is 25.7 Å². The van der Waals surface area contributed by atoms with Crippen molar-refractivity contribution in [2.45, 2.75) is 45.1 Å². The third-order valence-corrected chi connectivity index (χ3v) is 4.31. The van der Waals surface area contributed by atoms with Gasteiger partial charge in [0.1, 0.15) is 6.54 Å². The van der Waals surface area contributed by atoms with Gasteiger partial charge in [0.25, 0.3) is 0 Å². The van der Waals surface area contributed by atoms with Crippen molar-refractivity contribution in [3.05, 3.63) is 0 Å². The van der Waals surface area contributed by atoms with Crippen molar-refractivity contribution in [2.75, 3.05) is 19.8 Å². The summed E-state index contributed by atoms with van der Waals surface area (Å²) in [7, 11) is 0. The number of amides is 1. The van der Waals surface area contributed by atoms with Crippen LogP contribution in [0, 0.1) is 11.8 Å². The van der Waals surface area contributed by atoms with Gasteiger partial charge in [-0.25, -0.2) is 0 Å². The number of carbonyl (C=O) groups is 2. The molecule has 0 spiro atoms. The second kappa shape index (κ2) is 6.37. The number of carboxylic acid groups (broad SMARTS) is 1. The molecular formula is C14H23NO4. The monoisotopic (exact) mass is 269 g/mol. The minimum absolute atomic E-state index is 0.0186. The van der Waals surface area contributed by atoms with E-state index in [1.165, 1.54) is 0 Å². The molecule has 1 heterocycles. The molecule has 5 nitrogen and oxygen atoms in total. The highest BCUT2D eigenvalue weighted by molar-refractivity contribution is 5.83. The van der Waals surface area contributed by atoms with E-state index in [1.807, 2.05) is 6.92 Å². The van der Waals surface area contributed by atoms with Gasteiger partial charge in [0.05, 0.1) is 0 Å². The van der Waals surface area contributed by atoms with Crippen molar-refractivity contribution in [2.24, 2.45) is 11.8 Å². The number of aliphatic carboxylic acids is 1. The van der Waals surface area contributed by atoms with Crippen molar-refractivity contribution in [3.8, 4) is 0 Å². The molecule has 2 atom stereocenters. The van der Waals surface area contributed by atoms with Gasteiger partial charge in [-0.15, -0.1) is 0 Å². The van der Waals surface area contributed by atoms with Crippen LogP contribution in [0.3, 0.4) is 0 Å². The molecule has 0 aromatic heterocycles. The lowest BCUT2D eigenvalue weighted by Crippen LogP contribution is -2.48. The number of hydrogen-bond donors (Lipinski definition) is 1. The van der Waals surface area contributed by atoms with Gasteiger partial charge in [-0.1, -0.05) is 19.8 Å². The molecule has 1 aliphatic carbocycles. The number of rotatable bonds is 4. The normalized spacial score (nSPS) is 28.3. The van der Waals surface area contributed by atoms with Crippen LogP contribution >= 0.6 is 0 Å². The van der Waals surface area contributed by atoms with Gasteiger partial charge >= 0.3 is 5.97 Å². The number of hydrogen-bond acceptors (Lipinski definition) is 3. The van der Waals surface area contributed by atoms with Crippen molar-refractivity contribution in [1.29, 1.82) is 0 Å². The molecule has 2 unspecified atom stereocenters. The Morgan fingerprint density at radius 2 is 1.95 bits per heavy atom. The molecule has 1 amide bonds. The number of carboxylic acids is 1. The summed E-state index contributed by atoms with van der Waals surface area (Å²) >= 11 is 0. The van der Waals surface area contributed by atoms with E-state index in [4.69, 9.17) is 9.84 Å². The Balaban J connectivity index is 2.07. The summed E-state index contributed by atoms with van der Waals surface area (Å²) in [5, 5.41) is 9.04. The lowest BCUT2D eigenvalue weighted by Gasteiger charge is -2.35. The summed E-state index contributed by atoms with van der Waals surface area (Å²) in [5.41, 5.74) is 0. The van der Waals surface area contributed by atoms with Gasteiger partial charge in [-0.05, 0) is 25.2 Å². The van der Waals surface area contributed by atoms with Gasteiger partial charge in [-0.2, -0.15) is 0 Å². The molecule has 1 saturated heterocycles. The van der Waals surface area contributed by atoms with Crippen molar-refractivity contribution >= 4 is 11.9 Å². The standard InChI is InChI=1S/C14H23NO4/c1-10-9-19-7-6-12(10)14(18)15(8-13(16)17)11-4-2-3-5-11/h10-12H,2-9H2,1H3,(H,16,17). The number of nitrogens with zero attached hydrogens (tertiary/aromatic N) is 1. The average Bonchev–Trinajstić information content (AvgIpc) is 2.89. The Morgan fingerprint density at radius 3 is 2.53 bits per heavy atom. The van der Waals surface area contributed by atoms with Crippen LogP contribution in [-0.2, 0) is 14.3 Å². The molecule has 2 rings (SSSR count). The summed E-state index contributed by atoms with van der Waals surface area (Å²) in [6.07, 6.45) is 4.78. The highest BCUT2D eigenvalue weighted by atomic mass is 16.5. The summed E-state index contributed by atoms with van der Waals surface area (Å²) in [4.78, 5) is 25.3. The van der Waals surface area contributed by atoms with E-state index in [9.17, 15) is 9.59 Å². The maximum atomic E-state index is 12.6. The second-order valence-corrected chi connectivity index (χ2v) is 5.75. The molecule has 19 heavy (non-hydrogen) atoms. The molecule has 2 fully saturated rings. The Hall–Kier alpha value is -1.10. The lowest BCUT2D eigenvalue weighted by molar-refractivity contribution is -0.151. The van der Waals surface area contributed by atoms with E-state index >= 15 is 0 Å².